The summed E-state index contributed by atoms with van der Waals surface area (Å²) in [7, 11) is 1.27. The molecule has 3 rings (SSSR count). The first-order valence-electron chi connectivity index (χ1n) is 10.4. The van der Waals surface area contributed by atoms with Gasteiger partial charge in [-0.05, 0) is 18.6 Å². The Bertz CT molecular complexity index is 966. The number of aliphatic carboxylic acids is 1. The average Bonchev–Trinajstić information content (AvgIpc) is 2.80. The molecule has 2 aliphatic rings. The molecule has 1 fully saturated rings. The van der Waals surface area contributed by atoms with Crippen LogP contribution in [0.15, 0.2) is 41.6 Å². The summed E-state index contributed by atoms with van der Waals surface area (Å²) in [6.45, 7) is 2.78. The Kier molecular flexibility index (Phi) is 7.65. The zero-order valence-electron chi connectivity index (χ0n) is 18.5. The van der Waals surface area contributed by atoms with Gasteiger partial charge in [0.15, 0.2) is 6.61 Å². The Labute approximate surface area is 195 Å². The molecule has 0 radical (unpaired) electrons. The number of β-lactam (4-membered cyclic amide) rings is 1. The Hall–Kier alpha value is -3.05. The summed E-state index contributed by atoms with van der Waals surface area (Å²) in [6, 6.07) is 8.70. The van der Waals surface area contributed by atoms with Gasteiger partial charge < -0.3 is 24.6 Å². The summed E-state index contributed by atoms with van der Waals surface area (Å²) in [5, 5.41) is 11.6. The highest BCUT2D eigenvalue weighted by Crippen LogP contribution is 2.47. The third kappa shape index (κ3) is 4.83. The highest BCUT2D eigenvalue weighted by atomic mass is 32.2. The molecule has 11 heteroatoms. The van der Waals surface area contributed by atoms with E-state index < -0.39 is 41.0 Å². The van der Waals surface area contributed by atoms with E-state index in [0.717, 1.165) is 4.90 Å². The van der Waals surface area contributed by atoms with E-state index in [1.54, 1.807) is 24.3 Å². The second-order valence-corrected chi connectivity index (χ2v) is 8.56. The fourth-order valence-corrected chi connectivity index (χ4v) is 5.33. The average molecular weight is 479 g/mol. The van der Waals surface area contributed by atoms with Gasteiger partial charge in [-0.25, -0.2) is 4.79 Å². The Morgan fingerprint density at radius 1 is 1.30 bits per heavy atom. The van der Waals surface area contributed by atoms with E-state index in [-0.39, 0.29) is 18.1 Å². The third-order valence-corrected chi connectivity index (χ3v) is 6.61. The Balaban J connectivity index is 1.81. The molecule has 2 heterocycles. The largest absolute Gasteiger partial charge is 0.484 e. The highest BCUT2D eigenvalue weighted by molar-refractivity contribution is 8.00. The van der Waals surface area contributed by atoms with E-state index >= 15 is 0 Å². The Morgan fingerprint density at radius 3 is 2.58 bits per heavy atom. The summed E-state index contributed by atoms with van der Waals surface area (Å²) in [4.78, 5) is 50.4. The van der Waals surface area contributed by atoms with Gasteiger partial charge in [0.05, 0.1) is 0 Å². The number of amides is 2. The molecule has 178 valence electrons. The zero-order valence-corrected chi connectivity index (χ0v) is 19.3. The smallest absolute Gasteiger partial charge is 0.352 e. The molecular formula is C22H26N2O8S. The number of nitrogens with zero attached hydrogens (tertiary/aromatic N) is 1. The maximum absolute atomic E-state index is 13.1. The van der Waals surface area contributed by atoms with Gasteiger partial charge in [0.2, 0.25) is 0 Å². The maximum Gasteiger partial charge on any atom is 0.352 e. The topological polar surface area (TPSA) is 131 Å². The van der Waals surface area contributed by atoms with Crippen molar-refractivity contribution in [2.45, 2.75) is 43.9 Å². The van der Waals surface area contributed by atoms with Crippen LogP contribution in [0.4, 0.5) is 0 Å². The third-order valence-electron chi connectivity index (χ3n) is 5.27. The lowest BCUT2D eigenvalue weighted by molar-refractivity contribution is -0.193. The lowest BCUT2D eigenvalue weighted by Gasteiger charge is -2.56. The molecule has 0 spiro atoms. The molecule has 10 nitrogen and oxygen atoms in total. The van der Waals surface area contributed by atoms with Crippen molar-refractivity contribution in [3.63, 3.8) is 0 Å². The molecule has 0 saturated carbocycles. The van der Waals surface area contributed by atoms with Gasteiger partial charge in [0.1, 0.15) is 22.9 Å². The quantitative estimate of drug-likeness (QED) is 0.292. The highest BCUT2D eigenvalue weighted by Gasteiger charge is 2.67. The van der Waals surface area contributed by atoms with Crippen molar-refractivity contribution in [1.82, 2.24) is 10.2 Å². The van der Waals surface area contributed by atoms with Crippen molar-refractivity contribution in [3.8, 4) is 5.75 Å². The zero-order chi connectivity index (χ0) is 24.2. The van der Waals surface area contributed by atoms with Crippen molar-refractivity contribution >= 4 is 35.5 Å². The van der Waals surface area contributed by atoms with E-state index in [1.165, 1.54) is 25.8 Å². The van der Waals surface area contributed by atoms with Crippen LogP contribution in [-0.4, -0.2) is 70.4 Å². The number of carboxylic acid groups (broad SMARTS) is 1. The van der Waals surface area contributed by atoms with E-state index in [2.05, 4.69) is 5.32 Å². The van der Waals surface area contributed by atoms with Crippen molar-refractivity contribution in [2.24, 2.45) is 0 Å². The van der Waals surface area contributed by atoms with Crippen LogP contribution in [-0.2, 0) is 28.7 Å². The van der Waals surface area contributed by atoms with Crippen molar-refractivity contribution in [1.29, 1.82) is 0 Å². The number of hydrogen-bond donors (Lipinski definition) is 2. The number of ether oxygens (including phenoxy) is 3. The number of carbonyl (C=O) groups is 4. The molecule has 0 bridgehead atoms. The van der Waals surface area contributed by atoms with Crippen LogP contribution >= 0.6 is 11.8 Å². The molecule has 2 aliphatic heterocycles. The van der Waals surface area contributed by atoms with E-state index in [9.17, 15) is 24.3 Å². The number of fused-ring (bicyclic) bond motifs is 1. The maximum atomic E-state index is 13.1. The summed E-state index contributed by atoms with van der Waals surface area (Å²) in [5.41, 5.74) is -1.63. The van der Waals surface area contributed by atoms with Crippen LogP contribution in [0.5, 0.6) is 5.75 Å². The first-order chi connectivity index (χ1) is 15.7. The standard InChI is InChI=1S/C22H26N2O8S/c1-4-8-16(32-13(2)25)15-12-33-21-22(30-3,20(29)24(21)18(15)19(27)28)23-17(26)11-31-14-9-6-5-7-10-14/h5-7,9-10,16,21H,4,8,11-12H2,1-3H3,(H,23,26)(H,27,28)/t16?,21-,22?/m0/s1. The summed E-state index contributed by atoms with van der Waals surface area (Å²) < 4.78 is 16.2. The van der Waals surface area contributed by atoms with E-state index in [0.29, 0.717) is 24.2 Å². The van der Waals surface area contributed by atoms with Crippen LogP contribution in [0, 0.1) is 0 Å². The van der Waals surface area contributed by atoms with Crippen LogP contribution in [0.25, 0.3) is 0 Å². The second-order valence-electron chi connectivity index (χ2n) is 7.49. The number of carbonyl (C=O) groups excluding carboxylic acids is 3. The van der Waals surface area contributed by atoms with Crippen LogP contribution in [0.2, 0.25) is 0 Å². The van der Waals surface area contributed by atoms with Gasteiger partial charge in [-0.15, -0.1) is 11.8 Å². The predicted molar refractivity (Wildman–Crippen MR) is 118 cm³/mol. The summed E-state index contributed by atoms with van der Waals surface area (Å²) in [5.74, 6) is -2.49. The Morgan fingerprint density at radius 2 is 2.00 bits per heavy atom. The number of esters is 1. The number of benzene rings is 1. The molecule has 33 heavy (non-hydrogen) atoms. The molecular weight excluding hydrogens is 452 g/mol. The predicted octanol–water partition coefficient (Wildman–Crippen LogP) is 1.51. The van der Waals surface area contributed by atoms with Crippen molar-refractivity contribution in [3.05, 3.63) is 41.6 Å². The van der Waals surface area contributed by atoms with Gasteiger partial charge in [-0.2, -0.15) is 0 Å². The van der Waals surface area contributed by atoms with Crippen molar-refractivity contribution in [2.75, 3.05) is 19.5 Å². The number of para-hydroxylation sites is 1. The molecule has 2 unspecified atom stereocenters. The lowest BCUT2D eigenvalue weighted by Crippen LogP contribution is -2.81. The van der Waals surface area contributed by atoms with Crippen LogP contribution in [0.1, 0.15) is 26.7 Å². The van der Waals surface area contributed by atoms with Gasteiger partial charge in [-0.3, -0.25) is 19.3 Å². The van der Waals surface area contributed by atoms with Crippen molar-refractivity contribution < 1.29 is 38.5 Å². The summed E-state index contributed by atoms with van der Waals surface area (Å²) in [6.07, 6.45) is 0.309. The lowest BCUT2D eigenvalue weighted by atomic mass is 9.95. The first kappa shape index (κ1) is 24.6. The van der Waals surface area contributed by atoms with Gasteiger partial charge in [0.25, 0.3) is 17.5 Å². The van der Waals surface area contributed by atoms with Gasteiger partial charge in [0, 0.05) is 25.4 Å². The number of hydrogen-bond acceptors (Lipinski definition) is 8. The first-order valence-corrected chi connectivity index (χ1v) is 11.4. The molecule has 2 N–H and O–H groups in total. The molecule has 1 aromatic rings. The fraction of sp³-hybridized carbons (Fsp3) is 0.455. The minimum Gasteiger partial charge on any atom is -0.484 e. The second kappa shape index (κ2) is 10.3. The number of nitrogens with one attached hydrogen (secondary N) is 1. The number of methoxy groups -OCH3 is 1. The number of rotatable bonds is 10. The molecule has 2 amide bonds. The van der Waals surface area contributed by atoms with E-state index in [1.807, 2.05) is 13.0 Å². The molecule has 0 aromatic heterocycles. The van der Waals surface area contributed by atoms with Gasteiger partial charge in [-0.1, -0.05) is 31.5 Å². The summed E-state index contributed by atoms with van der Waals surface area (Å²) >= 11 is 1.23. The number of thioether (sulfide) groups is 1. The normalized spacial score (nSPS) is 22.7. The minimum absolute atomic E-state index is 0.190. The SMILES string of the molecule is CCCC(OC(C)=O)C1=C(C(=O)O)N2C(=O)C(NC(=O)COc3ccccc3)(OC)[C@@H]2SC1. The molecule has 1 saturated heterocycles. The molecule has 0 aliphatic carbocycles. The molecule has 1 aromatic carbocycles. The number of carboxylic acids is 1. The molecule has 3 atom stereocenters. The minimum atomic E-state index is -1.73. The fourth-order valence-electron chi connectivity index (χ4n) is 3.83. The van der Waals surface area contributed by atoms with Crippen LogP contribution in [0.3, 0.4) is 0 Å². The van der Waals surface area contributed by atoms with E-state index in [4.69, 9.17) is 14.2 Å². The monoisotopic (exact) mass is 478 g/mol. The van der Waals surface area contributed by atoms with Gasteiger partial charge >= 0.3 is 11.9 Å². The van der Waals surface area contributed by atoms with Crippen LogP contribution < -0.4 is 10.1 Å².